The highest BCUT2D eigenvalue weighted by atomic mass is 19.1. The van der Waals surface area contributed by atoms with Crippen LogP contribution in [-0.4, -0.2) is 25.8 Å². The first-order valence-electron chi connectivity index (χ1n) is 5.81. The van der Waals surface area contributed by atoms with Gasteiger partial charge in [0.1, 0.15) is 17.2 Å². The van der Waals surface area contributed by atoms with Crippen LogP contribution < -0.4 is 0 Å². The van der Waals surface area contributed by atoms with Gasteiger partial charge < -0.3 is 5.11 Å². The minimum atomic E-state index is -1.63. The predicted molar refractivity (Wildman–Crippen MR) is 66.5 cm³/mol. The predicted octanol–water partition coefficient (Wildman–Crippen LogP) is 2.32. The SMILES string of the molecule is CCc1nn(-c2ccc(F)cc2F)c(C(=O)O)c1[N+](=O)[O-]. The highest BCUT2D eigenvalue weighted by molar-refractivity contribution is 5.91. The van der Waals surface area contributed by atoms with Crippen molar-refractivity contribution < 1.29 is 23.6 Å². The van der Waals surface area contributed by atoms with Crippen molar-refractivity contribution in [3.63, 3.8) is 0 Å². The third-order valence-electron chi connectivity index (χ3n) is 2.79. The quantitative estimate of drug-likeness (QED) is 0.689. The van der Waals surface area contributed by atoms with Gasteiger partial charge in [-0.25, -0.2) is 18.3 Å². The zero-order chi connectivity index (χ0) is 15.7. The van der Waals surface area contributed by atoms with E-state index < -0.39 is 33.9 Å². The number of carboxylic acid groups (broad SMARTS) is 1. The Morgan fingerprint density at radius 3 is 2.62 bits per heavy atom. The molecule has 110 valence electrons. The standard InChI is InChI=1S/C12H9F2N3O4/c1-2-8-10(17(20)21)11(12(18)19)16(15-8)9-4-3-6(13)5-7(9)14/h3-5H,2H2,1H3,(H,18,19). The number of nitro groups is 1. The highest BCUT2D eigenvalue weighted by Gasteiger charge is 2.33. The van der Waals surface area contributed by atoms with Crippen LogP contribution in [0.2, 0.25) is 0 Å². The molecule has 0 aliphatic heterocycles. The molecule has 0 bridgehead atoms. The molecule has 0 saturated carbocycles. The summed E-state index contributed by atoms with van der Waals surface area (Å²) in [6, 6.07) is 2.41. The molecule has 0 radical (unpaired) electrons. The van der Waals surface area contributed by atoms with Crippen molar-refractivity contribution in [1.29, 1.82) is 0 Å². The van der Waals surface area contributed by atoms with Crippen LogP contribution in [0.4, 0.5) is 14.5 Å². The van der Waals surface area contributed by atoms with Crippen molar-refractivity contribution in [2.24, 2.45) is 0 Å². The number of aryl methyl sites for hydroxylation is 1. The third-order valence-corrected chi connectivity index (χ3v) is 2.79. The zero-order valence-corrected chi connectivity index (χ0v) is 10.7. The Kier molecular flexibility index (Phi) is 3.66. The average molecular weight is 297 g/mol. The van der Waals surface area contributed by atoms with Crippen LogP contribution in [0.25, 0.3) is 5.69 Å². The summed E-state index contributed by atoms with van der Waals surface area (Å²) in [5.74, 6) is -3.55. The van der Waals surface area contributed by atoms with E-state index in [-0.39, 0.29) is 17.8 Å². The molecule has 0 saturated heterocycles. The van der Waals surface area contributed by atoms with Gasteiger partial charge in [0.05, 0.1) is 4.92 Å². The van der Waals surface area contributed by atoms with Gasteiger partial charge in [-0.3, -0.25) is 10.1 Å². The van der Waals surface area contributed by atoms with Gasteiger partial charge in [-0.1, -0.05) is 6.92 Å². The van der Waals surface area contributed by atoms with Crippen molar-refractivity contribution >= 4 is 11.7 Å². The van der Waals surface area contributed by atoms with E-state index >= 15 is 0 Å². The van der Waals surface area contributed by atoms with Gasteiger partial charge in [-0.2, -0.15) is 5.10 Å². The van der Waals surface area contributed by atoms with Gasteiger partial charge in [-0.05, 0) is 18.6 Å². The zero-order valence-electron chi connectivity index (χ0n) is 10.7. The van der Waals surface area contributed by atoms with Crippen molar-refractivity contribution in [3.05, 3.63) is 51.3 Å². The van der Waals surface area contributed by atoms with Gasteiger partial charge in [0.15, 0.2) is 5.82 Å². The summed E-state index contributed by atoms with van der Waals surface area (Å²) < 4.78 is 27.3. The lowest BCUT2D eigenvalue weighted by Gasteiger charge is -2.05. The molecule has 1 aromatic heterocycles. The summed E-state index contributed by atoms with van der Waals surface area (Å²) in [7, 11) is 0. The van der Waals surface area contributed by atoms with E-state index in [0.29, 0.717) is 10.7 Å². The molecular weight excluding hydrogens is 288 g/mol. The Morgan fingerprint density at radius 2 is 2.14 bits per heavy atom. The molecule has 2 aromatic rings. The van der Waals surface area contributed by atoms with Crippen LogP contribution in [-0.2, 0) is 6.42 Å². The molecule has 0 aliphatic carbocycles. The van der Waals surface area contributed by atoms with E-state index in [4.69, 9.17) is 5.11 Å². The van der Waals surface area contributed by atoms with Crippen molar-refractivity contribution in [2.45, 2.75) is 13.3 Å². The molecule has 1 aromatic carbocycles. The van der Waals surface area contributed by atoms with Crippen LogP contribution >= 0.6 is 0 Å². The Hall–Kier alpha value is -2.84. The maximum Gasteiger partial charge on any atom is 0.361 e. The Morgan fingerprint density at radius 1 is 1.48 bits per heavy atom. The lowest BCUT2D eigenvalue weighted by atomic mass is 10.2. The number of nitrogens with zero attached hydrogens (tertiary/aromatic N) is 3. The first kappa shape index (κ1) is 14.6. The van der Waals surface area contributed by atoms with Gasteiger partial charge >= 0.3 is 11.7 Å². The van der Waals surface area contributed by atoms with E-state index in [1.807, 2.05) is 0 Å². The number of rotatable bonds is 4. The van der Waals surface area contributed by atoms with Crippen LogP contribution in [0.5, 0.6) is 0 Å². The van der Waals surface area contributed by atoms with Crippen LogP contribution in [0, 0.1) is 21.7 Å². The molecule has 0 atom stereocenters. The lowest BCUT2D eigenvalue weighted by molar-refractivity contribution is -0.385. The van der Waals surface area contributed by atoms with Crippen LogP contribution in [0.3, 0.4) is 0 Å². The molecular formula is C12H9F2N3O4. The van der Waals surface area contributed by atoms with Crippen molar-refractivity contribution in [3.8, 4) is 5.69 Å². The lowest BCUT2D eigenvalue weighted by Crippen LogP contribution is -2.11. The number of hydrogen-bond acceptors (Lipinski definition) is 4. The normalized spacial score (nSPS) is 10.6. The fourth-order valence-corrected chi connectivity index (χ4v) is 1.90. The van der Waals surface area contributed by atoms with Gasteiger partial charge in [0.2, 0.25) is 5.69 Å². The van der Waals surface area contributed by atoms with E-state index in [0.717, 1.165) is 12.1 Å². The fraction of sp³-hybridized carbons (Fsp3) is 0.167. The molecule has 0 amide bonds. The van der Waals surface area contributed by atoms with Crippen molar-refractivity contribution in [1.82, 2.24) is 9.78 Å². The summed E-state index contributed by atoms with van der Waals surface area (Å²) in [6.07, 6.45) is 0.0897. The average Bonchev–Trinajstić information content (AvgIpc) is 2.78. The summed E-state index contributed by atoms with van der Waals surface area (Å²) in [6.45, 7) is 1.55. The van der Waals surface area contributed by atoms with Gasteiger partial charge in [0, 0.05) is 6.07 Å². The number of aromatic carboxylic acids is 1. The minimum absolute atomic E-state index is 0.0897. The molecule has 1 heterocycles. The maximum absolute atomic E-state index is 13.8. The second-order valence-electron chi connectivity index (χ2n) is 4.07. The molecule has 2 rings (SSSR count). The van der Waals surface area contributed by atoms with Gasteiger partial charge in [-0.15, -0.1) is 0 Å². The topological polar surface area (TPSA) is 98.3 Å². The number of halogens is 2. The summed E-state index contributed by atoms with van der Waals surface area (Å²) in [4.78, 5) is 21.4. The van der Waals surface area contributed by atoms with E-state index in [2.05, 4.69) is 5.10 Å². The molecule has 7 nitrogen and oxygen atoms in total. The minimum Gasteiger partial charge on any atom is -0.476 e. The smallest absolute Gasteiger partial charge is 0.361 e. The van der Waals surface area contributed by atoms with Crippen molar-refractivity contribution in [2.75, 3.05) is 0 Å². The highest BCUT2D eigenvalue weighted by Crippen LogP contribution is 2.28. The molecule has 0 fully saturated rings. The molecule has 0 unspecified atom stereocenters. The Labute approximate surface area is 116 Å². The van der Waals surface area contributed by atoms with E-state index in [1.165, 1.54) is 0 Å². The third kappa shape index (κ3) is 2.45. The summed E-state index contributed by atoms with van der Waals surface area (Å²) >= 11 is 0. The molecule has 1 N–H and O–H groups in total. The van der Waals surface area contributed by atoms with E-state index in [9.17, 15) is 23.7 Å². The second kappa shape index (κ2) is 5.27. The number of hydrogen-bond donors (Lipinski definition) is 1. The summed E-state index contributed by atoms with van der Waals surface area (Å²) in [5, 5.41) is 23.9. The number of carbonyl (C=O) groups is 1. The van der Waals surface area contributed by atoms with Gasteiger partial charge in [0.25, 0.3) is 0 Å². The number of aromatic nitrogens is 2. The number of benzene rings is 1. The van der Waals surface area contributed by atoms with Crippen LogP contribution in [0.15, 0.2) is 18.2 Å². The molecule has 0 aliphatic rings. The van der Waals surface area contributed by atoms with E-state index in [1.54, 1.807) is 6.92 Å². The maximum atomic E-state index is 13.8. The molecule has 0 spiro atoms. The fourth-order valence-electron chi connectivity index (χ4n) is 1.90. The first-order valence-corrected chi connectivity index (χ1v) is 5.81. The monoisotopic (exact) mass is 297 g/mol. The first-order chi connectivity index (χ1) is 9.86. The second-order valence-corrected chi connectivity index (χ2v) is 4.07. The number of carboxylic acids is 1. The summed E-state index contributed by atoms with van der Waals surface area (Å²) in [5.41, 5.74) is -1.95. The van der Waals surface area contributed by atoms with Crippen LogP contribution in [0.1, 0.15) is 23.1 Å². The molecule has 21 heavy (non-hydrogen) atoms. The Balaban J connectivity index is 2.80. The Bertz CT molecular complexity index is 742. The largest absolute Gasteiger partial charge is 0.476 e. The molecule has 9 heteroatoms.